The number of hydrogen-bond donors (Lipinski definition) is 2. The maximum absolute atomic E-state index is 11.7. The fraction of sp³-hybridized carbons (Fsp3) is 0.316. The molecule has 0 aliphatic carbocycles. The third kappa shape index (κ3) is 4.91. The smallest absolute Gasteiger partial charge is 0.239 e. The van der Waals surface area contributed by atoms with Gasteiger partial charge in [0.2, 0.25) is 5.91 Å². The van der Waals surface area contributed by atoms with Gasteiger partial charge in [-0.25, -0.2) is 0 Å². The normalized spacial score (nSPS) is 12.2. The standard InChI is InChI=1S/C19H24N2O2/c1-20-19(23)18(14-22)21(2)13-17-10-8-16(9-11-17)12-15-6-4-3-5-7-15/h3-11,18,22H,12-14H2,1-2H3,(H,20,23)/t18-/m0/s1. The predicted molar refractivity (Wildman–Crippen MR) is 92.1 cm³/mol. The van der Waals surface area contributed by atoms with Gasteiger partial charge < -0.3 is 10.4 Å². The number of nitrogens with zero attached hydrogens (tertiary/aromatic N) is 1. The van der Waals surface area contributed by atoms with Crippen LogP contribution in [0.1, 0.15) is 16.7 Å². The lowest BCUT2D eigenvalue weighted by Crippen LogP contribution is -2.46. The van der Waals surface area contributed by atoms with Crippen molar-refractivity contribution in [2.75, 3.05) is 20.7 Å². The number of aliphatic hydroxyl groups is 1. The topological polar surface area (TPSA) is 52.6 Å². The molecule has 0 bridgehead atoms. The zero-order valence-corrected chi connectivity index (χ0v) is 13.7. The van der Waals surface area contributed by atoms with Crippen molar-refractivity contribution in [1.82, 2.24) is 10.2 Å². The van der Waals surface area contributed by atoms with Gasteiger partial charge in [0.15, 0.2) is 0 Å². The lowest BCUT2D eigenvalue weighted by molar-refractivity contribution is -0.127. The van der Waals surface area contributed by atoms with Crippen molar-refractivity contribution in [3.63, 3.8) is 0 Å². The zero-order chi connectivity index (χ0) is 16.7. The number of carbonyl (C=O) groups is 1. The van der Waals surface area contributed by atoms with Gasteiger partial charge in [0.05, 0.1) is 6.61 Å². The summed E-state index contributed by atoms with van der Waals surface area (Å²) < 4.78 is 0. The molecule has 1 atom stereocenters. The van der Waals surface area contributed by atoms with Gasteiger partial charge in [-0.2, -0.15) is 0 Å². The molecule has 0 aliphatic rings. The van der Waals surface area contributed by atoms with Crippen LogP contribution in [0.15, 0.2) is 54.6 Å². The van der Waals surface area contributed by atoms with Crippen LogP contribution >= 0.6 is 0 Å². The molecule has 0 saturated heterocycles. The van der Waals surface area contributed by atoms with Crippen LogP contribution in [0.3, 0.4) is 0 Å². The van der Waals surface area contributed by atoms with Crippen molar-refractivity contribution >= 4 is 5.91 Å². The Morgan fingerprint density at radius 3 is 2.17 bits per heavy atom. The molecule has 23 heavy (non-hydrogen) atoms. The quantitative estimate of drug-likeness (QED) is 0.820. The highest BCUT2D eigenvalue weighted by Crippen LogP contribution is 2.12. The molecule has 0 aromatic heterocycles. The Morgan fingerprint density at radius 1 is 1.04 bits per heavy atom. The van der Waals surface area contributed by atoms with Crippen molar-refractivity contribution in [3.8, 4) is 0 Å². The van der Waals surface area contributed by atoms with Crippen molar-refractivity contribution in [2.24, 2.45) is 0 Å². The minimum Gasteiger partial charge on any atom is -0.394 e. The highest BCUT2D eigenvalue weighted by molar-refractivity contribution is 5.81. The van der Waals surface area contributed by atoms with Crippen LogP contribution in [0, 0.1) is 0 Å². The molecule has 1 amide bonds. The molecule has 2 N–H and O–H groups in total. The fourth-order valence-corrected chi connectivity index (χ4v) is 2.58. The molecule has 0 unspecified atom stereocenters. The largest absolute Gasteiger partial charge is 0.394 e. The first-order valence-corrected chi connectivity index (χ1v) is 7.78. The lowest BCUT2D eigenvalue weighted by Gasteiger charge is -2.25. The molecule has 0 aliphatic heterocycles. The second-order valence-corrected chi connectivity index (χ2v) is 5.71. The fourth-order valence-electron chi connectivity index (χ4n) is 2.58. The van der Waals surface area contributed by atoms with Crippen LogP contribution in [-0.2, 0) is 17.8 Å². The van der Waals surface area contributed by atoms with E-state index in [-0.39, 0.29) is 12.5 Å². The molecule has 0 fully saturated rings. The minimum absolute atomic E-state index is 0.171. The Labute approximate surface area is 137 Å². The van der Waals surface area contributed by atoms with E-state index >= 15 is 0 Å². The first-order chi connectivity index (χ1) is 11.1. The maximum Gasteiger partial charge on any atom is 0.239 e. The molecule has 0 saturated carbocycles. The van der Waals surface area contributed by atoms with Gasteiger partial charge in [0.1, 0.15) is 6.04 Å². The van der Waals surface area contributed by atoms with Crippen LogP contribution in [0.5, 0.6) is 0 Å². The summed E-state index contributed by atoms with van der Waals surface area (Å²) in [5.74, 6) is -0.171. The van der Waals surface area contributed by atoms with Gasteiger partial charge in [-0.05, 0) is 30.2 Å². The predicted octanol–water partition coefficient (Wildman–Crippen LogP) is 1.82. The molecule has 122 valence electrons. The molecule has 4 heteroatoms. The zero-order valence-electron chi connectivity index (χ0n) is 13.7. The number of benzene rings is 2. The minimum atomic E-state index is -0.524. The summed E-state index contributed by atoms with van der Waals surface area (Å²) in [5, 5.41) is 12.0. The van der Waals surface area contributed by atoms with E-state index in [1.807, 2.05) is 30.1 Å². The van der Waals surface area contributed by atoms with Crippen LogP contribution in [0.25, 0.3) is 0 Å². The molecular formula is C19H24N2O2. The Bertz CT molecular complexity index is 611. The Balaban J connectivity index is 1.98. The van der Waals surface area contributed by atoms with Gasteiger partial charge in [-0.15, -0.1) is 0 Å². The molecule has 2 aromatic rings. The number of amides is 1. The van der Waals surface area contributed by atoms with Crippen molar-refractivity contribution in [3.05, 3.63) is 71.3 Å². The van der Waals surface area contributed by atoms with E-state index in [1.54, 1.807) is 7.05 Å². The first-order valence-electron chi connectivity index (χ1n) is 7.78. The number of aliphatic hydroxyl groups excluding tert-OH is 1. The van der Waals surface area contributed by atoms with Crippen molar-refractivity contribution in [1.29, 1.82) is 0 Å². The van der Waals surface area contributed by atoms with Crippen LogP contribution in [-0.4, -0.2) is 42.7 Å². The molecule has 0 spiro atoms. The molecule has 0 radical (unpaired) electrons. The summed E-state index contributed by atoms with van der Waals surface area (Å²) in [6.07, 6.45) is 0.911. The second kappa shape index (κ2) is 8.46. The van der Waals surface area contributed by atoms with Crippen LogP contribution in [0.2, 0.25) is 0 Å². The third-order valence-corrected chi connectivity index (χ3v) is 3.96. The molecule has 4 nitrogen and oxygen atoms in total. The van der Waals surface area contributed by atoms with Gasteiger partial charge >= 0.3 is 0 Å². The summed E-state index contributed by atoms with van der Waals surface area (Å²) in [6.45, 7) is 0.423. The van der Waals surface area contributed by atoms with E-state index in [9.17, 15) is 9.90 Å². The third-order valence-electron chi connectivity index (χ3n) is 3.96. The summed E-state index contributed by atoms with van der Waals surface area (Å²) in [6, 6.07) is 18.2. The Morgan fingerprint density at radius 2 is 1.61 bits per heavy atom. The van der Waals surface area contributed by atoms with E-state index < -0.39 is 6.04 Å². The number of nitrogens with one attached hydrogen (secondary N) is 1. The average molecular weight is 312 g/mol. The van der Waals surface area contributed by atoms with E-state index in [4.69, 9.17) is 0 Å². The van der Waals surface area contributed by atoms with Gasteiger partial charge in [0.25, 0.3) is 0 Å². The second-order valence-electron chi connectivity index (χ2n) is 5.71. The van der Waals surface area contributed by atoms with Gasteiger partial charge in [0, 0.05) is 13.6 Å². The van der Waals surface area contributed by atoms with Crippen LogP contribution in [0.4, 0.5) is 0 Å². The van der Waals surface area contributed by atoms with Crippen LogP contribution < -0.4 is 5.32 Å². The highest BCUT2D eigenvalue weighted by atomic mass is 16.3. The Kier molecular flexibility index (Phi) is 6.32. The summed E-state index contributed by atoms with van der Waals surface area (Å²) >= 11 is 0. The molecule has 2 rings (SSSR count). The van der Waals surface area contributed by atoms with Crippen molar-refractivity contribution < 1.29 is 9.90 Å². The van der Waals surface area contributed by atoms with E-state index in [2.05, 4.69) is 41.7 Å². The molecular weight excluding hydrogens is 288 g/mol. The first kappa shape index (κ1) is 17.2. The monoisotopic (exact) mass is 312 g/mol. The Hall–Kier alpha value is -2.17. The molecule has 0 heterocycles. The summed E-state index contributed by atoms with van der Waals surface area (Å²) in [5.41, 5.74) is 3.66. The average Bonchev–Trinajstić information content (AvgIpc) is 2.58. The van der Waals surface area contributed by atoms with Crippen molar-refractivity contribution in [2.45, 2.75) is 19.0 Å². The number of rotatable bonds is 7. The van der Waals surface area contributed by atoms with E-state index in [0.29, 0.717) is 6.54 Å². The number of carbonyl (C=O) groups excluding carboxylic acids is 1. The summed E-state index contributed by atoms with van der Waals surface area (Å²) in [4.78, 5) is 13.6. The van der Waals surface area contributed by atoms with Gasteiger partial charge in [-0.1, -0.05) is 54.6 Å². The van der Waals surface area contributed by atoms with E-state index in [0.717, 1.165) is 12.0 Å². The lowest BCUT2D eigenvalue weighted by atomic mass is 10.0. The maximum atomic E-state index is 11.7. The summed E-state index contributed by atoms with van der Waals surface area (Å²) in [7, 11) is 3.42. The highest BCUT2D eigenvalue weighted by Gasteiger charge is 2.21. The number of hydrogen-bond acceptors (Lipinski definition) is 3. The number of likely N-dealkylation sites (N-methyl/N-ethyl adjacent to an activating group) is 2. The SMILES string of the molecule is CNC(=O)[C@H](CO)N(C)Cc1ccc(Cc2ccccc2)cc1. The van der Waals surface area contributed by atoms with Gasteiger partial charge in [-0.3, -0.25) is 9.69 Å². The van der Waals surface area contributed by atoms with E-state index in [1.165, 1.54) is 11.1 Å². The molecule has 2 aromatic carbocycles.